The molecule has 1 heterocycles. The standard InChI is InChI=1S/C15H28N2/c1-12(2)9-11-17-14-7-4-3-6-13(14)15-8-5-10-16-15/h9,13-17H,3-8,10-11H2,1-2H3. The lowest BCUT2D eigenvalue weighted by Gasteiger charge is -2.36. The van der Waals surface area contributed by atoms with Crippen LogP contribution in [0.3, 0.4) is 0 Å². The molecule has 1 saturated heterocycles. The molecule has 3 unspecified atom stereocenters. The second-order valence-electron chi connectivity index (χ2n) is 5.95. The van der Waals surface area contributed by atoms with Crippen LogP contribution in [0.15, 0.2) is 11.6 Å². The maximum Gasteiger partial charge on any atom is 0.0140 e. The van der Waals surface area contributed by atoms with Crippen LogP contribution in [0.1, 0.15) is 52.4 Å². The van der Waals surface area contributed by atoms with Crippen molar-refractivity contribution < 1.29 is 0 Å². The first-order valence-corrected chi connectivity index (χ1v) is 7.37. The van der Waals surface area contributed by atoms with E-state index < -0.39 is 0 Å². The predicted octanol–water partition coefficient (Wildman–Crippen LogP) is 2.85. The van der Waals surface area contributed by atoms with E-state index in [2.05, 4.69) is 30.6 Å². The van der Waals surface area contributed by atoms with Crippen LogP contribution in [0.25, 0.3) is 0 Å². The summed E-state index contributed by atoms with van der Waals surface area (Å²) in [5.41, 5.74) is 1.42. The van der Waals surface area contributed by atoms with E-state index in [9.17, 15) is 0 Å². The lowest BCUT2D eigenvalue weighted by molar-refractivity contribution is 0.219. The second kappa shape index (κ2) is 6.55. The zero-order chi connectivity index (χ0) is 12.1. The monoisotopic (exact) mass is 236 g/mol. The molecule has 1 aliphatic heterocycles. The van der Waals surface area contributed by atoms with Crippen LogP contribution in [0.5, 0.6) is 0 Å². The van der Waals surface area contributed by atoms with Crippen molar-refractivity contribution in [3.63, 3.8) is 0 Å². The van der Waals surface area contributed by atoms with Crippen molar-refractivity contribution in [1.29, 1.82) is 0 Å². The van der Waals surface area contributed by atoms with E-state index >= 15 is 0 Å². The van der Waals surface area contributed by atoms with E-state index in [-0.39, 0.29) is 0 Å². The van der Waals surface area contributed by atoms with Crippen molar-refractivity contribution in [1.82, 2.24) is 10.6 Å². The van der Waals surface area contributed by atoms with E-state index in [0.29, 0.717) is 0 Å². The minimum absolute atomic E-state index is 0.745. The summed E-state index contributed by atoms with van der Waals surface area (Å²) in [6.07, 6.45) is 10.7. The van der Waals surface area contributed by atoms with Crippen molar-refractivity contribution in [3.05, 3.63) is 11.6 Å². The SMILES string of the molecule is CC(C)=CCNC1CCCCC1C1CCCN1. The first-order chi connectivity index (χ1) is 8.27. The fraction of sp³-hybridized carbons (Fsp3) is 0.867. The molecule has 1 aliphatic carbocycles. The van der Waals surface area contributed by atoms with Gasteiger partial charge in [-0.2, -0.15) is 0 Å². The molecule has 1 saturated carbocycles. The first-order valence-electron chi connectivity index (χ1n) is 7.37. The number of allylic oxidation sites excluding steroid dienone is 1. The summed E-state index contributed by atoms with van der Waals surface area (Å²) in [5, 5.41) is 7.46. The molecule has 0 aromatic rings. The molecule has 2 rings (SSSR count). The van der Waals surface area contributed by atoms with Gasteiger partial charge in [0.05, 0.1) is 0 Å². The quantitative estimate of drug-likeness (QED) is 0.734. The molecular formula is C15H28N2. The zero-order valence-electron chi connectivity index (χ0n) is 11.5. The molecule has 2 fully saturated rings. The zero-order valence-corrected chi connectivity index (χ0v) is 11.5. The Labute approximate surface area is 106 Å². The Hall–Kier alpha value is -0.340. The summed E-state index contributed by atoms with van der Waals surface area (Å²) in [6.45, 7) is 6.65. The van der Waals surface area contributed by atoms with Gasteiger partial charge in [-0.25, -0.2) is 0 Å². The number of hydrogen-bond acceptors (Lipinski definition) is 2. The van der Waals surface area contributed by atoms with Gasteiger partial charge in [0.25, 0.3) is 0 Å². The average molecular weight is 236 g/mol. The van der Waals surface area contributed by atoms with E-state index in [0.717, 1.165) is 24.5 Å². The van der Waals surface area contributed by atoms with Gasteiger partial charge in [-0.15, -0.1) is 0 Å². The molecule has 0 spiro atoms. The van der Waals surface area contributed by atoms with Gasteiger partial charge in [0.1, 0.15) is 0 Å². The van der Waals surface area contributed by atoms with E-state index in [1.54, 1.807) is 0 Å². The molecule has 0 amide bonds. The van der Waals surface area contributed by atoms with E-state index in [4.69, 9.17) is 0 Å². The molecule has 0 radical (unpaired) electrons. The smallest absolute Gasteiger partial charge is 0.0140 e. The Morgan fingerprint density at radius 1 is 1.18 bits per heavy atom. The van der Waals surface area contributed by atoms with E-state index in [1.165, 1.54) is 50.6 Å². The lowest BCUT2D eigenvalue weighted by Crippen LogP contribution is -2.47. The average Bonchev–Trinajstić information content (AvgIpc) is 2.82. The summed E-state index contributed by atoms with van der Waals surface area (Å²) in [5.74, 6) is 0.872. The minimum Gasteiger partial charge on any atom is -0.314 e. The molecule has 2 nitrogen and oxygen atoms in total. The van der Waals surface area contributed by atoms with Gasteiger partial charge < -0.3 is 10.6 Å². The first kappa shape index (κ1) is 13.1. The van der Waals surface area contributed by atoms with Crippen LogP contribution in [-0.2, 0) is 0 Å². The van der Waals surface area contributed by atoms with Gasteiger partial charge in [-0.1, -0.05) is 24.5 Å². The third-order valence-corrected chi connectivity index (χ3v) is 4.33. The number of rotatable bonds is 4. The van der Waals surface area contributed by atoms with E-state index in [1.807, 2.05) is 0 Å². The Morgan fingerprint density at radius 2 is 2.00 bits per heavy atom. The molecule has 17 heavy (non-hydrogen) atoms. The van der Waals surface area contributed by atoms with Crippen molar-refractivity contribution in [3.8, 4) is 0 Å². The highest BCUT2D eigenvalue weighted by Gasteiger charge is 2.32. The van der Waals surface area contributed by atoms with Crippen LogP contribution < -0.4 is 10.6 Å². The van der Waals surface area contributed by atoms with Gasteiger partial charge >= 0.3 is 0 Å². The van der Waals surface area contributed by atoms with Crippen molar-refractivity contribution in [2.45, 2.75) is 64.5 Å². The molecule has 0 aromatic carbocycles. The highest BCUT2D eigenvalue weighted by Crippen LogP contribution is 2.30. The molecule has 98 valence electrons. The van der Waals surface area contributed by atoms with Crippen molar-refractivity contribution in [2.75, 3.05) is 13.1 Å². The summed E-state index contributed by atoms with van der Waals surface area (Å²) >= 11 is 0. The molecule has 2 aliphatic rings. The fourth-order valence-electron chi connectivity index (χ4n) is 3.39. The normalized spacial score (nSPS) is 33.6. The lowest BCUT2D eigenvalue weighted by atomic mass is 9.79. The second-order valence-corrected chi connectivity index (χ2v) is 5.95. The highest BCUT2D eigenvalue weighted by molar-refractivity contribution is 4.97. The Bertz CT molecular complexity index is 250. The van der Waals surface area contributed by atoms with Gasteiger partial charge in [-0.05, 0) is 52.0 Å². The molecule has 0 aromatic heterocycles. The Morgan fingerprint density at radius 3 is 2.71 bits per heavy atom. The fourth-order valence-corrected chi connectivity index (χ4v) is 3.39. The van der Waals surface area contributed by atoms with Gasteiger partial charge in [0.2, 0.25) is 0 Å². The molecule has 3 atom stereocenters. The summed E-state index contributed by atoms with van der Waals surface area (Å²) in [7, 11) is 0. The largest absolute Gasteiger partial charge is 0.314 e. The maximum absolute atomic E-state index is 3.76. The van der Waals surface area contributed by atoms with Gasteiger partial charge in [-0.3, -0.25) is 0 Å². The van der Waals surface area contributed by atoms with Gasteiger partial charge in [0.15, 0.2) is 0 Å². The molecule has 0 bridgehead atoms. The van der Waals surface area contributed by atoms with Crippen LogP contribution >= 0.6 is 0 Å². The molecular weight excluding hydrogens is 208 g/mol. The number of hydrogen-bond donors (Lipinski definition) is 2. The van der Waals surface area contributed by atoms with Crippen LogP contribution in [0.2, 0.25) is 0 Å². The van der Waals surface area contributed by atoms with Crippen LogP contribution in [0.4, 0.5) is 0 Å². The summed E-state index contributed by atoms with van der Waals surface area (Å²) in [6, 6.07) is 1.54. The van der Waals surface area contributed by atoms with Crippen molar-refractivity contribution >= 4 is 0 Å². The number of nitrogens with one attached hydrogen (secondary N) is 2. The molecule has 2 heteroatoms. The third kappa shape index (κ3) is 3.82. The molecule has 2 N–H and O–H groups in total. The Kier molecular flexibility index (Phi) is 5.05. The van der Waals surface area contributed by atoms with Crippen LogP contribution in [-0.4, -0.2) is 25.2 Å². The third-order valence-electron chi connectivity index (χ3n) is 4.33. The maximum atomic E-state index is 3.76. The summed E-state index contributed by atoms with van der Waals surface area (Å²) in [4.78, 5) is 0. The van der Waals surface area contributed by atoms with Crippen molar-refractivity contribution in [2.24, 2.45) is 5.92 Å². The summed E-state index contributed by atoms with van der Waals surface area (Å²) < 4.78 is 0. The Balaban J connectivity index is 1.85. The van der Waals surface area contributed by atoms with Crippen LogP contribution in [0, 0.1) is 5.92 Å². The highest BCUT2D eigenvalue weighted by atomic mass is 15.0. The minimum atomic E-state index is 0.745. The van der Waals surface area contributed by atoms with Gasteiger partial charge in [0, 0.05) is 18.6 Å². The predicted molar refractivity (Wildman–Crippen MR) is 74.2 cm³/mol. The topological polar surface area (TPSA) is 24.1 Å².